The molecule has 1 unspecified atom stereocenters. The van der Waals surface area contributed by atoms with E-state index in [9.17, 15) is 18.0 Å². The van der Waals surface area contributed by atoms with E-state index in [2.05, 4.69) is 10.0 Å². The number of nitrogens with zero attached hydrogens (tertiary/aromatic N) is 1. The molecule has 1 atom stereocenters. The normalized spacial score (nSPS) is 17.7. The minimum atomic E-state index is -3.54. The van der Waals surface area contributed by atoms with Gasteiger partial charge in [0.25, 0.3) is 0 Å². The van der Waals surface area contributed by atoms with E-state index in [-0.39, 0.29) is 29.9 Å². The number of piperidine rings is 1. The fourth-order valence-corrected chi connectivity index (χ4v) is 4.01. The van der Waals surface area contributed by atoms with Crippen molar-refractivity contribution in [2.45, 2.75) is 38.1 Å². The summed E-state index contributed by atoms with van der Waals surface area (Å²) in [5, 5.41) is 11.8. The Kier molecular flexibility index (Phi) is 7.20. The molecular formula is C18H27N3O5S. The first-order chi connectivity index (χ1) is 12.7. The van der Waals surface area contributed by atoms with Crippen LogP contribution in [0.4, 0.5) is 4.79 Å². The smallest absolute Gasteiger partial charge is 0.317 e. The summed E-state index contributed by atoms with van der Waals surface area (Å²) < 4.78 is 26.9. The second-order valence-corrected chi connectivity index (χ2v) is 8.94. The van der Waals surface area contributed by atoms with Crippen molar-refractivity contribution in [3.63, 3.8) is 0 Å². The number of carboxylic acid groups (broad SMARTS) is 1. The molecule has 0 aromatic heterocycles. The van der Waals surface area contributed by atoms with Crippen molar-refractivity contribution in [1.29, 1.82) is 0 Å². The molecule has 150 valence electrons. The lowest BCUT2D eigenvalue weighted by molar-refractivity contribution is -0.143. The quantitative estimate of drug-likeness (QED) is 0.647. The molecule has 1 aromatic carbocycles. The molecule has 27 heavy (non-hydrogen) atoms. The van der Waals surface area contributed by atoms with Crippen LogP contribution in [0.15, 0.2) is 29.2 Å². The minimum Gasteiger partial charge on any atom is -0.481 e. The highest BCUT2D eigenvalue weighted by atomic mass is 32.2. The number of carbonyl (C=O) groups excluding carboxylic acids is 1. The summed E-state index contributed by atoms with van der Waals surface area (Å²) in [6, 6.07) is 6.01. The molecule has 0 radical (unpaired) electrons. The zero-order valence-electron chi connectivity index (χ0n) is 15.6. The van der Waals surface area contributed by atoms with Crippen LogP contribution in [0.1, 0.15) is 32.3 Å². The molecule has 0 spiro atoms. The number of carbonyl (C=O) groups is 2. The van der Waals surface area contributed by atoms with E-state index in [0.717, 1.165) is 5.56 Å². The van der Waals surface area contributed by atoms with Gasteiger partial charge in [0, 0.05) is 26.2 Å². The van der Waals surface area contributed by atoms with Crippen LogP contribution in [0.3, 0.4) is 0 Å². The highest BCUT2D eigenvalue weighted by Gasteiger charge is 2.27. The van der Waals surface area contributed by atoms with Crippen molar-refractivity contribution >= 4 is 22.0 Å². The lowest BCUT2D eigenvalue weighted by Crippen LogP contribution is -2.46. The van der Waals surface area contributed by atoms with Crippen LogP contribution in [0.5, 0.6) is 0 Å². The number of carboxylic acids is 1. The number of amides is 2. The predicted octanol–water partition coefficient (Wildman–Crippen LogP) is 1.63. The van der Waals surface area contributed by atoms with Gasteiger partial charge in [-0.2, -0.15) is 0 Å². The minimum absolute atomic E-state index is 0.179. The molecule has 1 heterocycles. The molecule has 1 aromatic rings. The monoisotopic (exact) mass is 397 g/mol. The summed E-state index contributed by atoms with van der Waals surface area (Å²) in [6.07, 6.45) is 1.25. The lowest BCUT2D eigenvalue weighted by atomic mass is 9.99. The van der Waals surface area contributed by atoms with Crippen LogP contribution < -0.4 is 10.0 Å². The average molecular weight is 397 g/mol. The first kappa shape index (κ1) is 21.2. The molecule has 0 saturated carbocycles. The van der Waals surface area contributed by atoms with Gasteiger partial charge >= 0.3 is 12.0 Å². The van der Waals surface area contributed by atoms with E-state index in [4.69, 9.17) is 5.11 Å². The standard InChI is InChI=1S/C18H27N3O5S/c1-13(2)10-20-27(25,26)16-7-5-14(6-8-16)11-19-18(24)21-9-3-4-15(12-21)17(22)23/h5-8,13,15,20H,3-4,9-12H2,1-2H3,(H,19,24)(H,22,23). The van der Waals surface area contributed by atoms with Gasteiger partial charge < -0.3 is 15.3 Å². The second-order valence-electron chi connectivity index (χ2n) is 7.17. The first-order valence-electron chi connectivity index (χ1n) is 9.03. The SMILES string of the molecule is CC(C)CNS(=O)(=O)c1ccc(CNC(=O)N2CCCC(C(=O)O)C2)cc1. The Morgan fingerprint density at radius 1 is 1.26 bits per heavy atom. The fourth-order valence-electron chi connectivity index (χ4n) is 2.80. The van der Waals surface area contributed by atoms with Gasteiger partial charge in [-0.05, 0) is 36.5 Å². The molecule has 1 saturated heterocycles. The Balaban J connectivity index is 1.89. The highest BCUT2D eigenvalue weighted by molar-refractivity contribution is 7.89. The lowest BCUT2D eigenvalue weighted by Gasteiger charge is -2.30. The zero-order chi connectivity index (χ0) is 20.0. The van der Waals surface area contributed by atoms with E-state index in [1.807, 2.05) is 13.8 Å². The maximum Gasteiger partial charge on any atom is 0.317 e. The van der Waals surface area contributed by atoms with Crippen molar-refractivity contribution in [2.24, 2.45) is 11.8 Å². The molecule has 0 aliphatic carbocycles. The summed E-state index contributed by atoms with van der Waals surface area (Å²) in [5.74, 6) is -1.19. The van der Waals surface area contributed by atoms with Gasteiger partial charge in [-0.25, -0.2) is 17.9 Å². The molecular weight excluding hydrogens is 370 g/mol. The molecule has 3 N–H and O–H groups in total. The van der Waals surface area contributed by atoms with Crippen LogP contribution in [0.2, 0.25) is 0 Å². The average Bonchev–Trinajstić information content (AvgIpc) is 2.65. The van der Waals surface area contributed by atoms with Gasteiger partial charge in [0.1, 0.15) is 0 Å². The van der Waals surface area contributed by atoms with Gasteiger partial charge in [0.2, 0.25) is 10.0 Å². The Morgan fingerprint density at radius 3 is 2.52 bits per heavy atom. The number of hydrogen-bond donors (Lipinski definition) is 3. The van der Waals surface area contributed by atoms with Crippen LogP contribution >= 0.6 is 0 Å². The van der Waals surface area contributed by atoms with E-state index >= 15 is 0 Å². The van der Waals surface area contributed by atoms with Crippen LogP contribution in [0, 0.1) is 11.8 Å². The van der Waals surface area contributed by atoms with Gasteiger partial charge in [0.05, 0.1) is 10.8 Å². The first-order valence-corrected chi connectivity index (χ1v) is 10.5. The van der Waals surface area contributed by atoms with E-state index in [0.29, 0.717) is 25.9 Å². The van der Waals surface area contributed by atoms with Crippen molar-refractivity contribution < 1.29 is 23.1 Å². The molecule has 8 nitrogen and oxygen atoms in total. The van der Waals surface area contributed by atoms with Crippen molar-refractivity contribution in [2.75, 3.05) is 19.6 Å². The van der Waals surface area contributed by atoms with Gasteiger partial charge in [-0.3, -0.25) is 4.79 Å². The molecule has 9 heteroatoms. The Bertz CT molecular complexity index is 762. The number of urea groups is 1. The van der Waals surface area contributed by atoms with Gasteiger partial charge in [0.15, 0.2) is 0 Å². The van der Waals surface area contributed by atoms with E-state index < -0.39 is 21.9 Å². The predicted molar refractivity (Wildman–Crippen MR) is 101 cm³/mol. The third-order valence-corrected chi connectivity index (χ3v) is 5.86. The highest BCUT2D eigenvalue weighted by Crippen LogP contribution is 2.17. The molecule has 2 rings (SSSR count). The summed E-state index contributed by atoms with van der Waals surface area (Å²) in [5.41, 5.74) is 0.762. The summed E-state index contributed by atoms with van der Waals surface area (Å²) in [4.78, 5) is 25.0. The molecule has 2 amide bonds. The number of aliphatic carboxylic acids is 1. The van der Waals surface area contributed by atoms with Crippen LogP contribution in [-0.4, -0.2) is 50.1 Å². The van der Waals surface area contributed by atoms with Crippen LogP contribution in [-0.2, 0) is 21.4 Å². The van der Waals surface area contributed by atoms with Gasteiger partial charge in [-0.1, -0.05) is 26.0 Å². The Morgan fingerprint density at radius 2 is 1.93 bits per heavy atom. The van der Waals surface area contributed by atoms with Crippen LogP contribution in [0.25, 0.3) is 0 Å². The topological polar surface area (TPSA) is 116 Å². The molecule has 1 aliphatic heterocycles. The number of sulfonamides is 1. The number of benzene rings is 1. The Hall–Kier alpha value is -2.13. The molecule has 1 fully saturated rings. The number of hydrogen-bond acceptors (Lipinski definition) is 4. The summed E-state index contributed by atoms with van der Waals surface area (Å²) in [7, 11) is -3.54. The number of nitrogens with one attached hydrogen (secondary N) is 2. The summed E-state index contributed by atoms with van der Waals surface area (Å²) in [6.45, 7) is 5.21. The third kappa shape index (κ3) is 6.21. The largest absolute Gasteiger partial charge is 0.481 e. The maximum atomic E-state index is 12.2. The van der Waals surface area contributed by atoms with E-state index in [1.54, 1.807) is 12.1 Å². The molecule has 1 aliphatic rings. The van der Waals surface area contributed by atoms with Gasteiger partial charge in [-0.15, -0.1) is 0 Å². The van der Waals surface area contributed by atoms with Crippen molar-refractivity contribution in [3.8, 4) is 0 Å². The number of rotatable bonds is 7. The van der Waals surface area contributed by atoms with Crippen molar-refractivity contribution in [1.82, 2.24) is 14.9 Å². The number of likely N-dealkylation sites (tertiary alicyclic amines) is 1. The molecule has 0 bridgehead atoms. The van der Waals surface area contributed by atoms with E-state index in [1.165, 1.54) is 17.0 Å². The Labute approximate surface area is 160 Å². The van der Waals surface area contributed by atoms with Crippen molar-refractivity contribution in [3.05, 3.63) is 29.8 Å². The summed E-state index contributed by atoms with van der Waals surface area (Å²) >= 11 is 0. The maximum absolute atomic E-state index is 12.2. The zero-order valence-corrected chi connectivity index (χ0v) is 16.5. The third-order valence-electron chi connectivity index (χ3n) is 4.42. The fraction of sp³-hybridized carbons (Fsp3) is 0.556. The second kappa shape index (κ2) is 9.18.